The lowest BCUT2D eigenvalue weighted by Crippen LogP contribution is -1.99. The molecule has 0 aliphatic carbocycles. The van der Waals surface area contributed by atoms with Gasteiger partial charge in [0.1, 0.15) is 0 Å². The summed E-state index contributed by atoms with van der Waals surface area (Å²) in [4.78, 5) is 0. The first kappa shape index (κ1) is 9.96. The SMILES string of the molecule is NCCSSCc1ccccc1. The van der Waals surface area contributed by atoms with Crippen molar-refractivity contribution in [1.29, 1.82) is 0 Å². The van der Waals surface area contributed by atoms with Gasteiger partial charge >= 0.3 is 0 Å². The Bertz CT molecular complexity index is 201. The largest absolute Gasteiger partial charge is 0.330 e. The Morgan fingerprint density at radius 3 is 2.50 bits per heavy atom. The maximum Gasteiger partial charge on any atom is 0.0288 e. The molecule has 0 aliphatic heterocycles. The van der Waals surface area contributed by atoms with Gasteiger partial charge in [-0.1, -0.05) is 51.9 Å². The second-order valence-corrected chi connectivity index (χ2v) is 4.94. The second-order valence-electron chi connectivity index (χ2n) is 2.36. The summed E-state index contributed by atoms with van der Waals surface area (Å²) >= 11 is 0. The number of benzene rings is 1. The van der Waals surface area contributed by atoms with Gasteiger partial charge in [-0.15, -0.1) is 0 Å². The molecule has 0 heterocycles. The van der Waals surface area contributed by atoms with Crippen LogP contribution in [0.4, 0.5) is 0 Å². The molecule has 0 amide bonds. The Hall–Kier alpha value is -0.120. The van der Waals surface area contributed by atoms with Gasteiger partial charge in [0.2, 0.25) is 0 Å². The van der Waals surface area contributed by atoms with E-state index in [0.717, 1.165) is 18.1 Å². The molecule has 0 aromatic heterocycles. The van der Waals surface area contributed by atoms with Crippen molar-refractivity contribution in [3.63, 3.8) is 0 Å². The van der Waals surface area contributed by atoms with E-state index in [0.29, 0.717) is 0 Å². The molecule has 3 heteroatoms. The summed E-state index contributed by atoms with van der Waals surface area (Å²) in [7, 11) is 3.71. The fourth-order valence-electron chi connectivity index (χ4n) is 0.791. The first-order chi connectivity index (χ1) is 5.93. The molecule has 2 N–H and O–H groups in total. The molecule has 1 nitrogen and oxygen atoms in total. The van der Waals surface area contributed by atoms with Gasteiger partial charge in [0.15, 0.2) is 0 Å². The van der Waals surface area contributed by atoms with E-state index in [1.54, 1.807) is 0 Å². The Kier molecular flexibility index (Phi) is 5.32. The van der Waals surface area contributed by atoms with E-state index in [1.165, 1.54) is 5.56 Å². The third-order valence-electron chi connectivity index (χ3n) is 1.35. The Labute approximate surface area is 81.5 Å². The van der Waals surface area contributed by atoms with Gasteiger partial charge in [0.25, 0.3) is 0 Å². The zero-order chi connectivity index (χ0) is 8.65. The minimum Gasteiger partial charge on any atom is -0.330 e. The highest BCUT2D eigenvalue weighted by molar-refractivity contribution is 8.76. The number of hydrogen-bond acceptors (Lipinski definition) is 3. The predicted molar refractivity (Wildman–Crippen MR) is 59.2 cm³/mol. The predicted octanol–water partition coefficient (Wildman–Crippen LogP) is 2.53. The van der Waals surface area contributed by atoms with Crippen LogP contribution in [0.25, 0.3) is 0 Å². The van der Waals surface area contributed by atoms with E-state index < -0.39 is 0 Å². The van der Waals surface area contributed by atoms with E-state index in [-0.39, 0.29) is 0 Å². The lowest BCUT2D eigenvalue weighted by atomic mass is 10.2. The molecule has 0 atom stereocenters. The van der Waals surface area contributed by atoms with Gasteiger partial charge in [-0.25, -0.2) is 0 Å². The van der Waals surface area contributed by atoms with Crippen LogP contribution >= 0.6 is 21.6 Å². The minimum absolute atomic E-state index is 0.770. The van der Waals surface area contributed by atoms with E-state index in [4.69, 9.17) is 5.73 Å². The van der Waals surface area contributed by atoms with Gasteiger partial charge < -0.3 is 5.73 Å². The van der Waals surface area contributed by atoms with Crippen molar-refractivity contribution < 1.29 is 0 Å². The maximum absolute atomic E-state index is 5.37. The van der Waals surface area contributed by atoms with E-state index in [2.05, 4.69) is 24.3 Å². The van der Waals surface area contributed by atoms with Crippen LogP contribution in [0, 0.1) is 0 Å². The van der Waals surface area contributed by atoms with Crippen LogP contribution in [0.3, 0.4) is 0 Å². The zero-order valence-corrected chi connectivity index (χ0v) is 8.53. The highest BCUT2D eigenvalue weighted by Crippen LogP contribution is 2.24. The van der Waals surface area contributed by atoms with Crippen LogP contribution in [-0.2, 0) is 5.75 Å². The van der Waals surface area contributed by atoms with Crippen LogP contribution in [0.15, 0.2) is 30.3 Å². The molecule has 12 heavy (non-hydrogen) atoms. The summed E-state index contributed by atoms with van der Waals surface area (Å²) in [6, 6.07) is 10.5. The summed E-state index contributed by atoms with van der Waals surface area (Å²) in [6.45, 7) is 0.770. The topological polar surface area (TPSA) is 26.0 Å². The molecule has 0 unspecified atom stereocenters. The molecule has 0 bridgehead atoms. The third kappa shape index (κ3) is 4.04. The molecule has 1 aromatic carbocycles. The fraction of sp³-hybridized carbons (Fsp3) is 0.333. The lowest BCUT2D eigenvalue weighted by Gasteiger charge is -1.99. The number of rotatable bonds is 5. The zero-order valence-electron chi connectivity index (χ0n) is 6.90. The molecule has 0 aliphatic rings. The number of hydrogen-bond donors (Lipinski definition) is 1. The molecular formula is C9H13NS2. The summed E-state index contributed by atoms with van der Waals surface area (Å²) in [5.41, 5.74) is 6.76. The average molecular weight is 199 g/mol. The summed E-state index contributed by atoms with van der Waals surface area (Å²) in [5.74, 6) is 2.11. The average Bonchev–Trinajstić information content (AvgIpc) is 2.14. The molecule has 66 valence electrons. The number of nitrogens with two attached hydrogens (primary N) is 1. The summed E-state index contributed by atoms with van der Waals surface area (Å²) in [6.07, 6.45) is 0. The maximum atomic E-state index is 5.37. The molecule has 0 spiro atoms. The Morgan fingerprint density at radius 1 is 1.08 bits per heavy atom. The molecule has 0 fully saturated rings. The van der Waals surface area contributed by atoms with Crippen molar-refractivity contribution >= 4 is 21.6 Å². The van der Waals surface area contributed by atoms with Gasteiger partial charge in [0, 0.05) is 18.1 Å². The van der Waals surface area contributed by atoms with E-state index in [9.17, 15) is 0 Å². The van der Waals surface area contributed by atoms with Crippen molar-refractivity contribution in [3.8, 4) is 0 Å². The summed E-state index contributed by atoms with van der Waals surface area (Å²) in [5, 5.41) is 0. The van der Waals surface area contributed by atoms with Crippen molar-refractivity contribution in [3.05, 3.63) is 35.9 Å². The smallest absolute Gasteiger partial charge is 0.0288 e. The van der Waals surface area contributed by atoms with Crippen LogP contribution < -0.4 is 5.73 Å². The first-order valence-electron chi connectivity index (χ1n) is 3.92. The van der Waals surface area contributed by atoms with E-state index in [1.807, 2.05) is 27.7 Å². The van der Waals surface area contributed by atoms with Crippen molar-refractivity contribution in [2.45, 2.75) is 5.75 Å². The van der Waals surface area contributed by atoms with Gasteiger partial charge in [-0.2, -0.15) is 0 Å². The Balaban J connectivity index is 2.16. The van der Waals surface area contributed by atoms with Crippen molar-refractivity contribution in [2.75, 3.05) is 12.3 Å². The van der Waals surface area contributed by atoms with Crippen LogP contribution in [0.2, 0.25) is 0 Å². The van der Waals surface area contributed by atoms with Gasteiger partial charge in [-0.05, 0) is 5.56 Å². The summed E-state index contributed by atoms with van der Waals surface area (Å²) < 4.78 is 0. The van der Waals surface area contributed by atoms with Crippen LogP contribution in [-0.4, -0.2) is 12.3 Å². The third-order valence-corrected chi connectivity index (χ3v) is 3.73. The van der Waals surface area contributed by atoms with Crippen molar-refractivity contribution in [2.24, 2.45) is 5.73 Å². The fourth-order valence-corrected chi connectivity index (χ4v) is 2.72. The van der Waals surface area contributed by atoms with Crippen molar-refractivity contribution in [1.82, 2.24) is 0 Å². The molecule has 0 radical (unpaired) electrons. The second kappa shape index (κ2) is 6.40. The van der Waals surface area contributed by atoms with Gasteiger partial charge in [0.05, 0.1) is 0 Å². The molecular weight excluding hydrogens is 186 g/mol. The quantitative estimate of drug-likeness (QED) is 0.583. The molecule has 1 rings (SSSR count). The highest BCUT2D eigenvalue weighted by atomic mass is 33.1. The minimum atomic E-state index is 0.770. The standard InChI is InChI=1S/C9H13NS2/c10-6-7-11-12-8-9-4-2-1-3-5-9/h1-5H,6-8,10H2. The lowest BCUT2D eigenvalue weighted by molar-refractivity contribution is 1.16. The van der Waals surface area contributed by atoms with E-state index >= 15 is 0 Å². The Morgan fingerprint density at radius 2 is 1.83 bits per heavy atom. The molecule has 0 saturated carbocycles. The van der Waals surface area contributed by atoms with Gasteiger partial charge in [-0.3, -0.25) is 0 Å². The molecule has 1 aromatic rings. The molecule has 0 saturated heterocycles. The first-order valence-corrected chi connectivity index (χ1v) is 6.40. The van der Waals surface area contributed by atoms with Crippen LogP contribution in [0.1, 0.15) is 5.56 Å². The highest BCUT2D eigenvalue weighted by Gasteiger charge is 1.91. The normalized spacial score (nSPS) is 10.1. The monoisotopic (exact) mass is 199 g/mol. The van der Waals surface area contributed by atoms with Crippen LogP contribution in [0.5, 0.6) is 0 Å².